The topological polar surface area (TPSA) is 107 Å². The predicted molar refractivity (Wildman–Crippen MR) is 124 cm³/mol. The lowest BCUT2D eigenvalue weighted by Gasteiger charge is -2.36. The molecule has 0 radical (unpaired) electrons. The number of benzene rings is 1. The molecule has 0 unspecified atom stereocenters. The highest BCUT2D eigenvalue weighted by Gasteiger charge is 2.66. The second kappa shape index (κ2) is 12.5. The number of rotatable bonds is 11. The normalized spacial score (nSPS) is 22.5. The van der Waals surface area contributed by atoms with Crippen LogP contribution in [0.3, 0.4) is 0 Å². The number of carbonyl (C=O) groups is 3. The first kappa shape index (κ1) is 29.5. The molecule has 1 heterocycles. The van der Waals surface area contributed by atoms with Gasteiger partial charge >= 0.3 is 23.6 Å². The Morgan fingerprint density at radius 2 is 1.60 bits per heavy atom. The van der Waals surface area contributed by atoms with Crippen molar-refractivity contribution in [1.82, 2.24) is 0 Å². The maximum Gasteiger partial charge on any atom is 0.338 e. The third-order valence-corrected chi connectivity index (χ3v) is 8.58. The summed E-state index contributed by atoms with van der Waals surface area (Å²) in [6.07, 6.45) is -5.09. The van der Waals surface area contributed by atoms with Gasteiger partial charge in [0, 0.05) is 18.9 Å². The van der Waals surface area contributed by atoms with Gasteiger partial charge in [0.15, 0.2) is 6.10 Å². The Hall–Kier alpha value is -1.69. The van der Waals surface area contributed by atoms with Crippen LogP contribution >= 0.6 is 18.1 Å². The molecule has 1 aromatic rings. The van der Waals surface area contributed by atoms with Crippen LogP contribution in [0.25, 0.3) is 0 Å². The Balaban J connectivity index is 2.44. The third-order valence-electron chi connectivity index (χ3n) is 4.74. The first-order valence-corrected chi connectivity index (χ1v) is 13.6. The number of carbonyl (C=O) groups excluding carboxylic acids is 3. The molecule has 0 saturated carbocycles. The van der Waals surface area contributed by atoms with Gasteiger partial charge in [0.25, 0.3) is 6.49 Å². The van der Waals surface area contributed by atoms with Crippen LogP contribution in [-0.4, -0.2) is 61.9 Å². The highest BCUT2D eigenvalue weighted by molar-refractivity contribution is 8.10. The summed E-state index contributed by atoms with van der Waals surface area (Å²) < 4.78 is 63.2. The van der Waals surface area contributed by atoms with Gasteiger partial charge in [-0.2, -0.15) is 8.78 Å². The highest BCUT2D eigenvalue weighted by atomic mass is 35.5. The quantitative estimate of drug-likeness (QED) is 0.221. The lowest BCUT2D eigenvalue weighted by molar-refractivity contribution is -0.196. The molecule has 0 aromatic heterocycles. The van der Waals surface area contributed by atoms with Crippen LogP contribution in [0.15, 0.2) is 24.3 Å². The van der Waals surface area contributed by atoms with Gasteiger partial charge in [-0.15, -0.1) is 0 Å². The summed E-state index contributed by atoms with van der Waals surface area (Å²) in [6.45, 7) is -0.425. The highest BCUT2D eigenvalue weighted by Crippen LogP contribution is 2.67. The summed E-state index contributed by atoms with van der Waals surface area (Å²) in [7, 11) is 0. The molecule has 1 fully saturated rings. The molecule has 1 aliphatic rings. The van der Waals surface area contributed by atoms with E-state index in [2.05, 4.69) is 0 Å². The molecule has 0 bridgehead atoms. The molecule has 0 amide bonds. The smallest absolute Gasteiger partial charge is 0.338 e. The van der Waals surface area contributed by atoms with Gasteiger partial charge in [-0.1, -0.05) is 11.6 Å². The van der Waals surface area contributed by atoms with E-state index in [0.717, 1.165) is 13.8 Å². The van der Waals surface area contributed by atoms with Crippen molar-refractivity contribution in [2.45, 2.75) is 51.9 Å². The molecule has 9 nitrogen and oxygen atoms in total. The number of halogens is 3. The lowest BCUT2D eigenvalue weighted by atomic mass is 9.98. The minimum atomic E-state index is -4.33. The number of alkyl halides is 2. The van der Waals surface area contributed by atoms with Crippen LogP contribution < -0.4 is 0 Å². The van der Waals surface area contributed by atoms with Gasteiger partial charge in [-0.3, -0.25) is 9.59 Å². The molecule has 35 heavy (non-hydrogen) atoms. The van der Waals surface area contributed by atoms with E-state index < -0.39 is 61.1 Å². The van der Waals surface area contributed by atoms with Gasteiger partial charge in [-0.05, 0) is 49.9 Å². The van der Waals surface area contributed by atoms with Crippen molar-refractivity contribution in [3.05, 3.63) is 34.9 Å². The van der Waals surface area contributed by atoms with Crippen molar-refractivity contribution in [3.8, 4) is 0 Å². The largest absolute Gasteiger partial charge is 0.459 e. The number of ether oxygens (including phenoxy) is 4. The van der Waals surface area contributed by atoms with Crippen molar-refractivity contribution >= 4 is 47.8 Å². The summed E-state index contributed by atoms with van der Waals surface area (Å²) in [5.41, 5.74) is -3.83. The Labute approximate surface area is 211 Å². The van der Waals surface area contributed by atoms with Crippen molar-refractivity contribution in [2.75, 3.05) is 19.8 Å². The molecule has 4 atom stereocenters. The number of esters is 3. The fourth-order valence-electron chi connectivity index (χ4n) is 3.42. The molecule has 14 heteroatoms. The van der Waals surface area contributed by atoms with E-state index in [1.165, 1.54) is 38.1 Å². The fourth-order valence-corrected chi connectivity index (χ4v) is 6.32. The van der Waals surface area contributed by atoms with Gasteiger partial charge in [0.1, 0.15) is 18.6 Å². The van der Waals surface area contributed by atoms with E-state index in [0.29, 0.717) is 5.02 Å². The summed E-state index contributed by atoms with van der Waals surface area (Å²) >= 11 is 10.9. The maximum absolute atomic E-state index is 16.0. The van der Waals surface area contributed by atoms with Gasteiger partial charge in [-0.25, -0.2) is 4.79 Å². The molecule has 196 valence electrons. The molecular formula is C21H26ClF2O9PS. The second-order valence-electron chi connectivity index (χ2n) is 7.28. The molecule has 1 saturated heterocycles. The molecule has 0 spiro atoms. The lowest BCUT2D eigenvalue weighted by Crippen LogP contribution is -2.46. The monoisotopic (exact) mass is 558 g/mol. The fraction of sp³-hybridized carbons (Fsp3) is 0.571. The third kappa shape index (κ3) is 7.18. The van der Waals surface area contributed by atoms with Crippen LogP contribution in [0.4, 0.5) is 8.78 Å². The van der Waals surface area contributed by atoms with Gasteiger partial charge < -0.3 is 28.0 Å². The van der Waals surface area contributed by atoms with E-state index in [9.17, 15) is 14.4 Å². The first-order valence-electron chi connectivity index (χ1n) is 10.6. The van der Waals surface area contributed by atoms with Crippen LogP contribution in [0, 0.1) is 5.92 Å². The van der Waals surface area contributed by atoms with Crippen molar-refractivity contribution in [2.24, 2.45) is 5.92 Å². The summed E-state index contributed by atoms with van der Waals surface area (Å²) in [6, 6.07) is 5.68. The van der Waals surface area contributed by atoms with Crippen molar-refractivity contribution in [1.29, 1.82) is 0 Å². The molecular weight excluding hydrogens is 533 g/mol. The summed E-state index contributed by atoms with van der Waals surface area (Å²) in [4.78, 5) is 35.8. The van der Waals surface area contributed by atoms with Crippen LogP contribution in [0.5, 0.6) is 0 Å². The minimum Gasteiger partial charge on any atom is -0.459 e. The summed E-state index contributed by atoms with van der Waals surface area (Å²) in [5.74, 6) is -4.68. The second-order valence-corrected chi connectivity index (χ2v) is 11.3. The van der Waals surface area contributed by atoms with Crippen LogP contribution in [-0.2, 0) is 49.4 Å². The molecule has 1 aliphatic heterocycles. The Kier molecular flexibility index (Phi) is 10.6. The standard InChI is InChI=1S/C21H26ClF2O9PS/c1-5-29-34(35,30-6-2)21(23,24)17-16(11-28-19(27)14-7-9-15(22)10-8-14)33-20(32-13(4)26)18(17)31-12(3)25/h7-10,16-18,20H,5-6,11H2,1-4H3/t16-,17+,18-,20-/m1/s1. The zero-order valence-corrected chi connectivity index (χ0v) is 21.9. The summed E-state index contributed by atoms with van der Waals surface area (Å²) in [5, 5.41) is 0.381. The molecule has 0 N–H and O–H groups in total. The van der Waals surface area contributed by atoms with E-state index in [1.54, 1.807) is 0 Å². The molecule has 0 aliphatic carbocycles. The molecule has 2 rings (SSSR count). The van der Waals surface area contributed by atoms with Crippen LogP contribution in [0.1, 0.15) is 38.1 Å². The van der Waals surface area contributed by atoms with Gasteiger partial charge in [0.2, 0.25) is 6.29 Å². The van der Waals surface area contributed by atoms with E-state index in [1.807, 2.05) is 0 Å². The Morgan fingerprint density at radius 1 is 1.06 bits per heavy atom. The average Bonchev–Trinajstić information content (AvgIpc) is 3.09. The first-order chi connectivity index (χ1) is 16.4. The zero-order chi connectivity index (χ0) is 26.4. The predicted octanol–water partition coefficient (Wildman–Crippen LogP) is 4.31. The Morgan fingerprint density at radius 3 is 2.09 bits per heavy atom. The van der Waals surface area contributed by atoms with Crippen molar-refractivity contribution < 1.29 is 51.2 Å². The van der Waals surface area contributed by atoms with Crippen LogP contribution in [0.2, 0.25) is 5.02 Å². The van der Waals surface area contributed by atoms with Crippen molar-refractivity contribution in [3.63, 3.8) is 0 Å². The molecule has 1 aromatic carbocycles. The van der Waals surface area contributed by atoms with Gasteiger partial charge in [0.05, 0.1) is 18.8 Å². The SMILES string of the molecule is CCOP(=S)(OCC)C(F)(F)[C@@H]1[C@@H](OC(C)=O)[C@H](OC(C)=O)O[C@@H]1COC(=O)c1ccc(Cl)cc1. The Bertz CT molecular complexity index is 953. The van der Waals surface area contributed by atoms with E-state index in [4.69, 9.17) is 51.4 Å². The number of hydrogen-bond donors (Lipinski definition) is 0. The minimum absolute atomic E-state index is 0.109. The van der Waals surface area contributed by atoms with E-state index >= 15 is 8.78 Å². The maximum atomic E-state index is 16.0. The number of hydrogen-bond acceptors (Lipinski definition) is 10. The average molecular weight is 559 g/mol. The zero-order valence-electron chi connectivity index (χ0n) is 19.4. The van der Waals surface area contributed by atoms with E-state index in [-0.39, 0.29) is 18.8 Å².